The smallest absolute Gasteiger partial charge is 0.408 e. The first-order chi connectivity index (χ1) is 16.1. The zero-order valence-corrected chi connectivity index (χ0v) is 20.2. The molecule has 1 aromatic heterocycles. The summed E-state index contributed by atoms with van der Waals surface area (Å²) in [4.78, 5) is 35.9. The van der Waals surface area contributed by atoms with Gasteiger partial charge in [-0.3, -0.25) is 10.1 Å². The first kappa shape index (κ1) is 26.6. The minimum Gasteiger partial charge on any atom is -0.507 e. The van der Waals surface area contributed by atoms with Crippen LogP contribution in [0.5, 0.6) is 5.75 Å². The van der Waals surface area contributed by atoms with Gasteiger partial charge in [0.15, 0.2) is 5.78 Å². The molecule has 0 bridgehead atoms. The molecule has 1 aromatic carbocycles. The molecule has 0 aliphatic heterocycles. The van der Waals surface area contributed by atoms with E-state index in [0.717, 1.165) is 30.4 Å². The molecule has 0 radical (unpaired) electrons. The van der Waals surface area contributed by atoms with Crippen molar-refractivity contribution in [1.82, 2.24) is 5.32 Å². The topological polar surface area (TPSA) is 117 Å². The Morgan fingerprint density at radius 3 is 2.59 bits per heavy atom. The largest absolute Gasteiger partial charge is 0.507 e. The molecular formula is C27H33NO6. The monoisotopic (exact) mass is 467 g/mol. The summed E-state index contributed by atoms with van der Waals surface area (Å²) in [7, 11) is 0. The van der Waals surface area contributed by atoms with E-state index in [-0.39, 0.29) is 17.2 Å². The Kier molecular flexibility index (Phi) is 9.86. The van der Waals surface area contributed by atoms with Crippen molar-refractivity contribution >= 4 is 18.0 Å². The first-order valence-corrected chi connectivity index (χ1v) is 11.5. The van der Waals surface area contributed by atoms with Gasteiger partial charge in [0.05, 0.1) is 0 Å². The van der Waals surface area contributed by atoms with Crippen molar-refractivity contribution in [3.05, 3.63) is 80.5 Å². The van der Waals surface area contributed by atoms with Crippen LogP contribution in [0.25, 0.3) is 6.08 Å². The van der Waals surface area contributed by atoms with Crippen molar-refractivity contribution in [2.24, 2.45) is 0 Å². The maximum absolute atomic E-state index is 12.9. The van der Waals surface area contributed by atoms with Crippen molar-refractivity contribution < 1.29 is 24.2 Å². The number of rotatable bonds is 11. The third-order valence-electron chi connectivity index (χ3n) is 5.64. The highest BCUT2D eigenvalue weighted by molar-refractivity contribution is 6.12. The normalized spacial score (nSPS) is 12.6. The summed E-state index contributed by atoms with van der Waals surface area (Å²) in [6.45, 7) is 7.56. The number of benzene rings is 1. The van der Waals surface area contributed by atoms with Gasteiger partial charge in [-0.1, -0.05) is 44.5 Å². The summed E-state index contributed by atoms with van der Waals surface area (Å²) in [6.07, 6.45) is 7.87. The van der Waals surface area contributed by atoms with E-state index in [9.17, 15) is 19.5 Å². The fourth-order valence-electron chi connectivity index (χ4n) is 3.59. The van der Waals surface area contributed by atoms with Gasteiger partial charge in [0.25, 0.3) is 0 Å². The first-order valence-electron chi connectivity index (χ1n) is 11.5. The number of amides is 1. The number of ketones is 1. The Balaban J connectivity index is 2.17. The summed E-state index contributed by atoms with van der Waals surface area (Å²) in [6, 6.07) is 7.42. The molecule has 0 fully saturated rings. The van der Waals surface area contributed by atoms with Crippen LogP contribution >= 0.6 is 0 Å². The minimum absolute atomic E-state index is 0.220. The summed E-state index contributed by atoms with van der Waals surface area (Å²) in [5.41, 5.74) is 2.22. The molecule has 1 amide bonds. The fourth-order valence-corrected chi connectivity index (χ4v) is 3.59. The van der Waals surface area contributed by atoms with Crippen molar-refractivity contribution in [2.45, 2.75) is 65.7 Å². The van der Waals surface area contributed by atoms with Gasteiger partial charge in [-0.25, -0.2) is 9.59 Å². The lowest BCUT2D eigenvalue weighted by Gasteiger charge is -2.11. The predicted molar refractivity (Wildman–Crippen MR) is 132 cm³/mol. The maximum Gasteiger partial charge on any atom is 0.408 e. The van der Waals surface area contributed by atoms with Gasteiger partial charge in [0.1, 0.15) is 17.1 Å². The number of Topliss-reactive ketones (excluding diaryl/α,β-unsaturated/α-hetero) is 1. The molecule has 3 N–H and O–H groups in total. The van der Waals surface area contributed by atoms with Gasteiger partial charge in [-0.15, -0.1) is 0 Å². The van der Waals surface area contributed by atoms with Gasteiger partial charge in [-0.2, -0.15) is 0 Å². The fraction of sp³-hybridized carbons (Fsp3) is 0.370. The van der Waals surface area contributed by atoms with Crippen LogP contribution in [-0.4, -0.2) is 22.1 Å². The molecule has 1 heterocycles. The standard InChI is InChI=1S/C27H33NO6/c1-5-6-10-20-11-12-21(18(3)14-20)15-19(4)25(30)24-22(29)16-23(34-26(24)31)17(2)9-7-8-13-28-27(32)33/h8,11-17,28-29H,5-7,9-10H2,1-4H3,(H,32,33). The molecular weight excluding hydrogens is 434 g/mol. The van der Waals surface area contributed by atoms with Gasteiger partial charge in [0.2, 0.25) is 0 Å². The van der Waals surface area contributed by atoms with E-state index in [0.29, 0.717) is 18.4 Å². The molecule has 2 aromatic rings. The molecule has 182 valence electrons. The van der Waals surface area contributed by atoms with E-state index in [1.165, 1.54) is 17.8 Å². The second-order valence-electron chi connectivity index (χ2n) is 8.48. The number of unbranched alkanes of at least 4 members (excludes halogenated alkanes) is 1. The van der Waals surface area contributed by atoms with E-state index >= 15 is 0 Å². The summed E-state index contributed by atoms with van der Waals surface area (Å²) in [5, 5.41) is 21.1. The van der Waals surface area contributed by atoms with Gasteiger partial charge >= 0.3 is 11.7 Å². The highest BCUT2D eigenvalue weighted by atomic mass is 16.4. The number of aromatic hydroxyl groups is 1. The van der Waals surface area contributed by atoms with Crippen LogP contribution in [0.4, 0.5) is 4.79 Å². The molecule has 0 saturated carbocycles. The van der Waals surface area contributed by atoms with Crippen molar-refractivity contribution in [3.8, 4) is 5.75 Å². The van der Waals surface area contributed by atoms with Crippen LogP contribution in [0.3, 0.4) is 0 Å². The maximum atomic E-state index is 12.9. The van der Waals surface area contributed by atoms with Crippen LogP contribution in [0.15, 0.2) is 51.3 Å². The lowest BCUT2D eigenvalue weighted by atomic mass is 9.97. The zero-order chi connectivity index (χ0) is 25.3. The Morgan fingerprint density at radius 2 is 1.97 bits per heavy atom. The second-order valence-corrected chi connectivity index (χ2v) is 8.48. The van der Waals surface area contributed by atoms with Crippen LogP contribution in [-0.2, 0) is 6.42 Å². The molecule has 1 atom stereocenters. The van der Waals surface area contributed by atoms with Gasteiger partial charge < -0.3 is 14.6 Å². The van der Waals surface area contributed by atoms with Gasteiger partial charge in [0, 0.05) is 18.2 Å². The average molecular weight is 468 g/mol. The van der Waals surface area contributed by atoms with Crippen LogP contribution in [0.2, 0.25) is 0 Å². The lowest BCUT2D eigenvalue weighted by molar-refractivity contribution is 0.102. The third-order valence-corrected chi connectivity index (χ3v) is 5.64. The lowest BCUT2D eigenvalue weighted by Crippen LogP contribution is -2.16. The molecule has 0 aliphatic rings. The molecule has 7 heteroatoms. The van der Waals surface area contributed by atoms with E-state index in [1.807, 2.05) is 26.0 Å². The summed E-state index contributed by atoms with van der Waals surface area (Å²) >= 11 is 0. The molecule has 34 heavy (non-hydrogen) atoms. The highest BCUT2D eigenvalue weighted by Crippen LogP contribution is 2.26. The molecule has 0 aliphatic carbocycles. The third kappa shape index (κ3) is 7.47. The number of carbonyl (C=O) groups excluding carboxylic acids is 1. The average Bonchev–Trinajstić information content (AvgIpc) is 2.78. The van der Waals surface area contributed by atoms with Gasteiger partial charge in [-0.05, 0) is 67.9 Å². The molecule has 0 spiro atoms. The van der Waals surface area contributed by atoms with Crippen LogP contribution in [0.1, 0.15) is 85.2 Å². The van der Waals surface area contributed by atoms with E-state index < -0.39 is 23.3 Å². The summed E-state index contributed by atoms with van der Waals surface area (Å²) < 4.78 is 5.35. The van der Waals surface area contributed by atoms with E-state index in [2.05, 4.69) is 18.3 Å². The van der Waals surface area contributed by atoms with Crippen molar-refractivity contribution in [1.29, 1.82) is 0 Å². The number of aryl methyl sites for hydroxylation is 2. The Hall–Kier alpha value is -3.61. The molecule has 2 rings (SSSR count). The predicted octanol–water partition coefficient (Wildman–Crippen LogP) is 5.95. The zero-order valence-electron chi connectivity index (χ0n) is 20.2. The van der Waals surface area contributed by atoms with Crippen LogP contribution in [0, 0.1) is 6.92 Å². The highest BCUT2D eigenvalue weighted by Gasteiger charge is 2.22. The number of carboxylic acid groups (broad SMARTS) is 1. The SMILES string of the molecule is CCCCc1ccc(C=C(C)C(=O)c2c(O)cc(C(C)CCC=CNC(=O)O)oc2=O)c(C)c1. The number of hydrogen-bond donors (Lipinski definition) is 3. The van der Waals surface area contributed by atoms with E-state index in [1.54, 1.807) is 19.1 Å². The summed E-state index contributed by atoms with van der Waals surface area (Å²) in [5.74, 6) is -0.949. The molecule has 0 saturated heterocycles. The Morgan fingerprint density at radius 1 is 1.24 bits per heavy atom. The molecule has 7 nitrogen and oxygen atoms in total. The van der Waals surface area contributed by atoms with Crippen molar-refractivity contribution in [3.63, 3.8) is 0 Å². The van der Waals surface area contributed by atoms with Crippen LogP contribution < -0.4 is 10.9 Å². The Bertz CT molecular complexity index is 1140. The van der Waals surface area contributed by atoms with E-state index in [4.69, 9.17) is 9.52 Å². The molecule has 1 unspecified atom stereocenters. The number of nitrogens with one attached hydrogen (secondary N) is 1. The minimum atomic E-state index is -1.15. The second kappa shape index (κ2) is 12.6. The Labute approximate surface area is 199 Å². The number of allylic oxidation sites excluding steroid dienone is 2. The number of carbonyl (C=O) groups is 2. The van der Waals surface area contributed by atoms with Crippen molar-refractivity contribution in [2.75, 3.05) is 0 Å². The quantitative estimate of drug-likeness (QED) is 0.278. The number of hydrogen-bond acceptors (Lipinski definition) is 5.